The lowest BCUT2D eigenvalue weighted by Gasteiger charge is -2.05. The van der Waals surface area contributed by atoms with Gasteiger partial charge in [-0.15, -0.1) is 11.3 Å². The summed E-state index contributed by atoms with van der Waals surface area (Å²) >= 11 is 6.28. The third kappa shape index (κ3) is 2.65. The second kappa shape index (κ2) is 4.99. The summed E-state index contributed by atoms with van der Waals surface area (Å²) in [5.74, 6) is -0.433. The third-order valence-electron chi connectivity index (χ3n) is 2.51. The van der Waals surface area contributed by atoms with Gasteiger partial charge in [0, 0.05) is 16.1 Å². The van der Waals surface area contributed by atoms with Crippen LogP contribution in [0.3, 0.4) is 0 Å². The number of nitrogens with two attached hydrogens (primary N) is 1. The van der Waals surface area contributed by atoms with Crippen molar-refractivity contribution in [3.05, 3.63) is 40.2 Å². The molecule has 2 rings (SSSR count). The van der Waals surface area contributed by atoms with Crippen LogP contribution in [0.5, 0.6) is 0 Å². The van der Waals surface area contributed by atoms with Crippen LogP contribution in [-0.2, 0) is 0 Å². The summed E-state index contributed by atoms with van der Waals surface area (Å²) in [5, 5.41) is 3.80. The van der Waals surface area contributed by atoms with E-state index in [1.54, 1.807) is 12.1 Å². The number of anilines is 2. The fourth-order valence-corrected chi connectivity index (χ4v) is 2.44. The molecule has 6 heteroatoms. The zero-order chi connectivity index (χ0) is 13.3. The molecule has 0 amide bonds. The zero-order valence-electron chi connectivity index (χ0n) is 9.95. The van der Waals surface area contributed by atoms with Gasteiger partial charge >= 0.3 is 0 Å². The van der Waals surface area contributed by atoms with Crippen molar-refractivity contribution in [1.29, 1.82) is 0 Å². The minimum atomic E-state index is -0.433. The Hall–Kier alpha value is -1.53. The van der Waals surface area contributed by atoms with E-state index in [1.165, 1.54) is 17.4 Å². The number of halogens is 1. The van der Waals surface area contributed by atoms with E-state index in [0.29, 0.717) is 5.69 Å². The van der Waals surface area contributed by atoms with E-state index in [0.717, 1.165) is 15.7 Å². The molecule has 0 unspecified atom stereocenters. The van der Waals surface area contributed by atoms with Crippen LogP contribution in [0.2, 0.25) is 0 Å². The molecule has 0 radical (unpaired) electrons. The summed E-state index contributed by atoms with van der Waals surface area (Å²) in [6.07, 6.45) is 0. The number of benzene rings is 1. The second-order valence-electron chi connectivity index (χ2n) is 3.84. The molecule has 0 atom stereocenters. The number of thiocarbonyl (C=S) groups is 1. The van der Waals surface area contributed by atoms with Crippen LogP contribution in [0.1, 0.15) is 16.1 Å². The SMILES string of the molecule is Cc1nc(Nc2ccc(C(N)=S)c(F)c2)sc1C. The van der Waals surface area contributed by atoms with Gasteiger partial charge in [0.15, 0.2) is 5.13 Å². The average Bonchev–Trinajstić information content (AvgIpc) is 2.57. The average molecular weight is 281 g/mol. The van der Waals surface area contributed by atoms with E-state index in [1.807, 2.05) is 13.8 Å². The van der Waals surface area contributed by atoms with Gasteiger partial charge in [0.25, 0.3) is 0 Å². The fraction of sp³-hybridized carbons (Fsp3) is 0.167. The Labute approximate surface area is 114 Å². The number of thiazole rings is 1. The summed E-state index contributed by atoms with van der Waals surface area (Å²) in [6, 6.07) is 4.65. The lowest BCUT2D eigenvalue weighted by Crippen LogP contribution is -2.11. The molecule has 94 valence electrons. The summed E-state index contributed by atoms with van der Waals surface area (Å²) < 4.78 is 13.7. The maximum Gasteiger partial charge on any atom is 0.187 e. The number of aryl methyl sites for hydroxylation is 2. The third-order valence-corrected chi connectivity index (χ3v) is 3.72. The Balaban J connectivity index is 2.25. The molecule has 0 aliphatic heterocycles. The van der Waals surface area contributed by atoms with E-state index in [4.69, 9.17) is 18.0 Å². The first-order chi connectivity index (χ1) is 8.47. The fourth-order valence-electron chi connectivity index (χ4n) is 1.44. The van der Waals surface area contributed by atoms with E-state index in [2.05, 4.69) is 10.3 Å². The molecular formula is C12H12FN3S2. The van der Waals surface area contributed by atoms with Gasteiger partial charge in [0.1, 0.15) is 10.8 Å². The van der Waals surface area contributed by atoms with Crippen molar-refractivity contribution in [3.63, 3.8) is 0 Å². The Kier molecular flexibility index (Phi) is 3.58. The van der Waals surface area contributed by atoms with E-state index < -0.39 is 5.82 Å². The number of aromatic nitrogens is 1. The van der Waals surface area contributed by atoms with Gasteiger partial charge in [0.2, 0.25) is 0 Å². The highest BCUT2D eigenvalue weighted by atomic mass is 32.1. The molecule has 1 aromatic carbocycles. The summed E-state index contributed by atoms with van der Waals surface area (Å²) in [6.45, 7) is 3.93. The molecule has 0 spiro atoms. The summed E-state index contributed by atoms with van der Waals surface area (Å²) in [5.41, 5.74) is 7.25. The first-order valence-corrected chi connectivity index (χ1v) is 6.50. The molecule has 18 heavy (non-hydrogen) atoms. The van der Waals surface area contributed by atoms with E-state index in [-0.39, 0.29) is 10.6 Å². The monoisotopic (exact) mass is 281 g/mol. The molecular weight excluding hydrogens is 269 g/mol. The van der Waals surface area contributed by atoms with Gasteiger partial charge in [-0.2, -0.15) is 0 Å². The van der Waals surface area contributed by atoms with Crippen LogP contribution in [-0.4, -0.2) is 9.97 Å². The predicted molar refractivity (Wildman–Crippen MR) is 77.2 cm³/mol. The van der Waals surface area contributed by atoms with Crippen molar-refractivity contribution in [2.75, 3.05) is 5.32 Å². The number of hydrogen-bond donors (Lipinski definition) is 2. The molecule has 1 aromatic heterocycles. The van der Waals surface area contributed by atoms with Crippen molar-refractivity contribution in [2.45, 2.75) is 13.8 Å². The van der Waals surface area contributed by atoms with Gasteiger partial charge < -0.3 is 11.1 Å². The molecule has 0 saturated heterocycles. The highest BCUT2D eigenvalue weighted by Gasteiger charge is 2.08. The van der Waals surface area contributed by atoms with Crippen LogP contribution >= 0.6 is 23.6 Å². The van der Waals surface area contributed by atoms with Gasteiger partial charge in [0.05, 0.1) is 5.69 Å². The van der Waals surface area contributed by atoms with Gasteiger partial charge in [-0.1, -0.05) is 12.2 Å². The molecule has 0 bridgehead atoms. The number of hydrogen-bond acceptors (Lipinski definition) is 4. The quantitative estimate of drug-likeness (QED) is 0.848. The predicted octanol–water partition coefficient (Wildman–Crippen LogP) is 3.28. The first kappa shape index (κ1) is 12.9. The second-order valence-corrected chi connectivity index (χ2v) is 5.49. The van der Waals surface area contributed by atoms with Crippen molar-refractivity contribution in [1.82, 2.24) is 4.98 Å². The van der Waals surface area contributed by atoms with Crippen molar-refractivity contribution >= 4 is 39.4 Å². The lowest BCUT2D eigenvalue weighted by atomic mass is 10.2. The molecule has 2 aromatic rings. The first-order valence-electron chi connectivity index (χ1n) is 5.28. The molecule has 3 N–H and O–H groups in total. The number of nitrogens with zero attached hydrogens (tertiary/aromatic N) is 1. The minimum absolute atomic E-state index is 0.0555. The van der Waals surface area contributed by atoms with Crippen molar-refractivity contribution in [3.8, 4) is 0 Å². The molecule has 1 heterocycles. The topological polar surface area (TPSA) is 50.9 Å². The molecule has 0 aliphatic carbocycles. The zero-order valence-corrected chi connectivity index (χ0v) is 11.6. The minimum Gasteiger partial charge on any atom is -0.389 e. The molecule has 3 nitrogen and oxygen atoms in total. The lowest BCUT2D eigenvalue weighted by molar-refractivity contribution is 0.626. The van der Waals surface area contributed by atoms with Crippen LogP contribution in [0.25, 0.3) is 0 Å². The smallest absolute Gasteiger partial charge is 0.187 e. The Bertz CT molecular complexity index is 588. The Morgan fingerprint density at radius 1 is 1.44 bits per heavy atom. The standard InChI is InChI=1S/C12H12FN3S2/c1-6-7(2)18-12(15-6)16-8-3-4-9(11(14)17)10(13)5-8/h3-5H,1-2H3,(H2,14,17)(H,15,16). The molecule has 0 aliphatic rings. The molecule has 0 saturated carbocycles. The maximum atomic E-state index is 13.7. The highest BCUT2D eigenvalue weighted by molar-refractivity contribution is 7.80. The van der Waals surface area contributed by atoms with Crippen LogP contribution < -0.4 is 11.1 Å². The van der Waals surface area contributed by atoms with Crippen LogP contribution in [0.4, 0.5) is 15.2 Å². The Morgan fingerprint density at radius 3 is 2.67 bits per heavy atom. The van der Waals surface area contributed by atoms with Gasteiger partial charge in [-0.25, -0.2) is 9.37 Å². The largest absolute Gasteiger partial charge is 0.389 e. The van der Waals surface area contributed by atoms with E-state index in [9.17, 15) is 4.39 Å². The maximum absolute atomic E-state index is 13.7. The van der Waals surface area contributed by atoms with Crippen molar-refractivity contribution in [2.24, 2.45) is 5.73 Å². The van der Waals surface area contributed by atoms with E-state index >= 15 is 0 Å². The van der Waals surface area contributed by atoms with Gasteiger partial charge in [-0.3, -0.25) is 0 Å². The molecule has 0 fully saturated rings. The summed E-state index contributed by atoms with van der Waals surface area (Å²) in [4.78, 5) is 5.52. The summed E-state index contributed by atoms with van der Waals surface area (Å²) in [7, 11) is 0. The highest BCUT2D eigenvalue weighted by Crippen LogP contribution is 2.25. The number of rotatable bonds is 3. The van der Waals surface area contributed by atoms with Crippen LogP contribution in [0.15, 0.2) is 18.2 Å². The van der Waals surface area contributed by atoms with Crippen LogP contribution in [0, 0.1) is 19.7 Å². The normalized spacial score (nSPS) is 10.4. The van der Waals surface area contributed by atoms with Gasteiger partial charge in [-0.05, 0) is 32.0 Å². The Morgan fingerprint density at radius 2 is 2.17 bits per heavy atom. The van der Waals surface area contributed by atoms with Crippen molar-refractivity contribution < 1.29 is 4.39 Å². The number of nitrogens with one attached hydrogen (secondary N) is 1.